The number of primary amides is 1. The van der Waals surface area contributed by atoms with E-state index in [0.29, 0.717) is 50.3 Å². The molecule has 0 heterocycles. The lowest BCUT2D eigenvalue weighted by atomic mass is 9.79. The molecule has 254 valence electrons. The van der Waals surface area contributed by atoms with E-state index in [9.17, 15) is 29.5 Å². The summed E-state index contributed by atoms with van der Waals surface area (Å²) in [4.78, 5) is 47.8. The summed E-state index contributed by atoms with van der Waals surface area (Å²) in [5.41, 5.74) is 4.25. The van der Waals surface area contributed by atoms with Gasteiger partial charge in [-0.25, -0.2) is 0 Å². The van der Waals surface area contributed by atoms with Crippen LogP contribution in [0, 0.1) is 28.6 Å². The maximum absolute atomic E-state index is 12.5. The van der Waals surface area contributed by atoms with Gasteiger partial charge in [0.15, 0.2) is 0 Å². The minimum atomic E-state index is -2.78. The van der Waals surface area contributed by atoms with Crippen molar-refractivity contribution >= 4 is 44.3 Å². The number of esters is 2. The van der Waals surface area contributed by atoms with Gasteiger partial charge >= 0.3 is 20.7 Å². The summed E-state index contributed by atoms with van der Waals surface area (Å²) in [6.45, 7) is 11.8. The van der Waals surface area contributed by atoms with Gasteiger partial charge in [0.1, 0.15) is 19.3 Å². The lowest BCUT2D eigenvalue weighted by Gasteiger charge is -2.28. The Kier molecular flexibility index (Phi) is 22.0. The van der Waals surface area contributed by atoms with Crippen molar-refractivity contribution in [2.75, 3.05) is 51.1 Å². The van der Waals surface area contributed by atoms with Crippen LogP contribution in [-0.2, 0) is 41.9 Å². The fraction of sp³-hybridized carbons (Fsp3) is 0.828. The van der Waals surface area contributed by atoms with E-state index >= 15 is 0 Å². The normalized spacial score (nSPS) is 14.9. The first-order valence-corrected chi connectivity index (χ1v) is 18.3. The highest BCUT2D eigenvalue weighted by Crippen LogP contribution is 2.31. The van der Waals surface area contributed by atoms with E-state index in [1.54, 1.807) is 20.8 Å². The van der Waals surface area contributed by atoms with E-state index in [-0.39, 0.29) is 50.7 Å². The number of hydrogen-bond acceptors (Lipinski definition) is 12. The van der Waals surface area contributed by atoms with Crippen molar-refractivity contribution in [3.8, 4) is 6.07 Å². The third-order valence-electron chi connectivity index (χ3n) is 6.57. The Morgan fingerprint density at radius 1 is 1.00 bits per heavy atom. The van der Waals surface area contributed by atoms with Crippen LogP contribution in [0.15, 0.2) is 0 Å². The van der Waals surface area contributed by atoms with E-state index < -0.39 is 44.1 Å². The maximum atomic E-state index is 12.5. The minimum Gasteiger partial charge on any atom is -0.463 e. The molecule has 0 bridgehead atoms. The molecule has 0 aliphatic carbocycles. The maximum Gasteiger partial charge on any atom is 0.500 e. The molecule has 44 heavy (non-hydrogen) atoms. The summed E-state index contributed by atoms with van der Waals surface area (Å²) in [5.74, 6) is -1.74. The molecule has 0 aliphatic heterocycles. The van der Waals surface area contributed by atoms with Crippen LogP contribution in [0.4, 0.5) is 0 Å². The van der Waals surface area contributed by atoms with E-state index in [0.717, 1.165) is 0 Å². The van der Waals surface area contributed by atoms with E-state index in [1.807, 2.05) is 20.8 Å². The Hall–Kier alpha value is -2.22. The number of aliphatic hydroxyl groups is 1. The fourth-order valence-electron chi connectivity index (χ4n) is 4.10. The lowest BCUT2D eigenvalue weighted by molar-refractivity contribution is -0.155. The third-order valence-corrected chi connectivity index (χ3v) is 10.9. The first-order chi connectivity index (χ1) is 20.8. The number of nitrogens with zero attached hydrogens (tertiary/aromatic N) is 1. The summed E-state index contributed by atoms with van der Waals surface area (Å²) >= 11 is 1.40. The van der Waals surface area contributed by atoms with Gasteiger partial charge in [-0.15, -0.1) is 0 Å². The van der Waals surface area contributed by atoms with Crippen LogP contribution in [0.5, 0.6) is 0 Å². The molecule has 0 aromatic carbocycles. The molecule has 0 saturated heterocycles. The molecule has 0 fully saturated rings. The quantitative estimate of drug-likeness (QED) is 0.0696. The summed E-state index contributed by atoms with van der Waals surface area (Å²) in [6, 6.07) is 2.79. The third kappa shape index (κ3) is 18.6. The first kappa shape index (κ1) is 41.8. The zero-order chi connectivity index (χ0) is 33.6. The summed E-state index contributed by atoms with van der Waals surface area (Å²) in [7, 11) is -2.78. The topological polar surface area (TPSA) is 196 Å². The van der Waals surface area contributed by atoms with Gasteiger partial charge in [-0.05, 0) is 47.0 Å². The Labute approximate surface area is 267 Å². The molecule has 0 saturated carbocycles. The molecule has 13 nitrogen and oxygen atoms in total. The second kappa shape index (κ2) is 23.2. The smallest absolute Gasteiger partial charge is 0.463 e. The Morgan fingerprint density at radius 3 is 2.14 bits per heavy atom. The first-order valence-electron chi connectivity index (χ1n) is 15.2. The predicted molar refractivity (Wildman–Crippen MR) is 168 cm³/mol. The van der Waals surface area contributed by atoms with Gasteiger partial charge in [0, 0.05) is 56.3 Å². The highest BCUT2D eigenvalue weighted by molar-refractivity contribution is 7.99. The largest absolute Gasteiger partial charge is 0.500 e. The van der Waals surface area contributed by atoms with Crippen molar-refractivity contribution < 1.29 is 47.0 Å². The Morgan fingerprint density at radius 2 is 1.59 bits per heavy atom. The number of thioether (sulfide) groups is 1. The summed E-state index contributed by atoms with van der Waals surface area (Å²) in [5, 5.41) is 22.7. The van der Waals surface area contributed by atoms with Gasteiger partial charge in [0.2, 0.25) is 11.8 Å². The zero-order valence-electron chi connectivity index (χ0n) is 27.2. The highest BCUT2D eigenvalue weighted by atomic mass is 32.2. The second-order valence-electron chi connectivity index (χ2n) is 10.8. The molecule has 4 N–H and O–H groups in total. The summed E-state index contributed by atoms with van der Waals surface area (Å²) in [6.07, 6.45) is 0.0512. The molecule has 0 radical (unpaired) electrons. The van der Waals surface area contributed by atoms with Crippen molar-refractivity contribution in [1.29, 1.82) is 5.26 Å². The van der Waals surface area contributed by atoms with Crippen LogP contribution < -0.4 is 11.1 Å². The molecule has 0 aliphatic rings. The molecule has 0 aromatic rings. The Bertz CT molecular complexity index is 905. The monoisotopic (exact) mass is 663 g/mol. The number of amides is 2. The number of aliphatic hydroxyl groups excluding tert-OH is 1. The number of nitrogens with one attached hydrogen (secondary N) is 1. The molecule has 0 aromatic heterocycles. The zero-order valence-corrected chi connectivity index (χ0v) is 29.0. The van der Waals surface area contributed by atoms with Crippen LogP contribution in [0.1, 0.15) is 73.6 Å². The number of nitrogens with two attached hydrogens (primary N) is 1. The van der Waals surface area contributed by atoms with Crippen LogP contribution in [-0.4, -0.2) is 94.9 Å². The van der Waals surface area contributed by atoms with E-state index in [4.69, 9.17) is 28.5 Å². The van der Waals surface area contributed by atoms with Gasteiger partial charge < -0.3 is 38.9 Å². The Balaban J connectivity index is 4.45. The number of carbonyl (C=O) groups is 4. The molecule has 15 heteroatoms. The minimum absolute atomic E-state index is 0.0997. The second-order valence-corrected chi connectivity index (χ2v) is 14.7. The molecule has 0 spiro atoms. The highest BCUT2D eigenvalue weighted by Gasteiger charge is 2.39. The molecular weight excluding hydrogens is 610 g/mol. The van der Waals surface area contributed by atoms with E-state index in [2.05, 4.69) is 11.4 Å². The van der Waals surface area contributed by atoms with Gasteiger partial charge in [-0.3, -0.25) is 19.2 Å². The van der Waals surface area contributed by atoms with Gasteiger partial charge in [0.05, 0.1) is 23.8 Å². The van der Waals surface area contributed by atoms with Crippen LogP contribution >= 0.6 is 11.8 Å². The predicted octanol–water partition coefficient (Wildman–Crippen LogP) is 2.57. The number of hydrogen-bond donors (Lipinski definition) is 3. The van der Waals surface area contributed by atoms with Crippen molar-refractivity contribution in [3.63, 3.8) is 0 Å². The molecule has 2 amide bonds. The van der Waals surface area contributed by atoms with Gasteiger partial charge in [-0.1, -0.05) is 13.8 Å². The lowest BCUT2D eigenvalue weighted by Crippen LogP contribution is -2.46. The van der Waals surface area contributed by atoms with Gasteiger partial charge in [0.25, 0.3) is 0 Å². The standard InChI is InChI=1S/C29H53N3O10SSi/c1-7-40-44(41-8-2,42-9-3)16-10-14-32-25(34)11-13-29(6,21-30)17-22(4)28(37)39-19-24(33)18-38-26(35)12-15-43-20-23(5)27(31)36/h22-24,33H,7-20H2,1-6H3,(H2,31,36)(H,32,34). The van der Waals surface area contributed by atoms with Crippen molar-refractivity contribution in [3.05, 3.63) is 0 Å². The summed E-state index contributed by atoms with van der Waals surface area (Å²) < 4.78 is 27.6. The fourth-order valence-corrected chi connectivity index (χ4v) is 7.71. The number of nitriles is 1. The molecular formula is C29H53N3O10SSi. The van der Waals surface area contributed by atoms with Crippen molar-refractivity contribution in [2.45, 2.75) is 85.8 Å². The van der Waals surface area contributed by atoms with E-state index in [1.165, 1.54) is 11.8 Å². The van der Waals surface area contributed by atoms with Crippen molar-refractivity contribution in [1.82, 2.24) is 5.32 Å². The van der Waals surface area contributed by atoms with Crippen LogP contribution in [0.2, 0.25) is 6.04 Å². The van der Waals surface area contributed by atoms with Crippen LogP contribution in [0.25, 0.3) is 0 Å². The van der Waals surface area contributed by atoms with Gasteiger partial charge in [-0.2, -0.15) is 17.0 Å². The number of ether oxygens (including phenoxy) is 2. The molecule has 0 rings (SSSR count). The number of carbonyl (C=O) groups excluding carboxylic acids is 4. The molecule has 4 unspecified atom stereocenters. The van der Waals surface area contributed by atoms with Crippen molar-refractivity contribution in [2.24, 2.45) is 23.0 Å². The average molecular weight is 664 g/mol. The van der Waals surface area contributed by atoms with Crippen LogP contribution in [0.3, 0.4) is 0 Å². The number of rotatable bonds is 26. The SMILES string of the molecule is CCO[Si](CCCNC(=O)CCC(C)(C#N)CC(C)C(=O)OCC(O)COC(=O)CCSCC(C)C(N)=O)(OCC)OCC. The molecule has 4 atom stereocenters. The average Bonchev–Trinajstić information content (AvgIpc) is 2.98.